The van der Waals surface area contributed by atoms with Gasteiger partial charge < -0.3 is 9.74 Å². The molecular formula is C23H13ClF9N3O4. The van der Waals surface area contributed by atoms with Crippen LogP contribution >= 0.6 is 11.6 Å². The molecular weight excluding hydrogens is 589 g/mol. The minimum atomic E-state index is -5.41. The van der Waals surface area contributed by atoms with Crippen molar-refractivity contribution in [1.82, 2.24) is 10.2 Å². The van der Waals surface area contributed by atoms with Crippen molar-refractivity contribution in [3.05, 3.63) is 69.2 Å². The molecule has 1 fully saturated rings. The van der Waals surface area contributed by atoms with Crippen LogP contribution in [-0.4, -0.2) is 47.6 Å². The quantitative estimate of drug-likeness (QED) is 0.394. The maximum atomic E-state index is 14.2. The van der Waals surface area contributed by atoms with E-state index in [4.69, 9.17) is 11.6 Å². The molecule has 0 saturated carbocycles. The number of piperazine rings is 1. The summed E-state index contributed by atoms with van der Waals surface area (Å²) in [6.45, 7) is -1.45. The van der Waals surface area contributed by atoms with Crippen LogP contribution in [0.5, 0.6) is 0 Å². The molecule has 1 N–H and O–H groups in total. The van der Waals surface area contributed by atoms with E-state index in [1.165, 1.54) is 0 Å². The molecule has 2 heterocycles. The Balaban J connectivity index is 1.74. The highest BCUT2D eigenvalue weighted by atomic mass is 35.5. The van der Waals surface area contributed by atoms with Gasteiger partial charge in [-0.25, -0.2) is 0 Å². The Morgan fingerprint density at radius 2 is 1.55 bits per heavy atom. The molecule has 7 nitrogen and oxygen atoms in total. The summed E-state index contributed by atoms with van der Waals surface area (Å²) in [5.74, 6) is -3.23. The maximum Gasteiger partial charge on any atom is 0.435 e. The number of carbonyl (C=O) groups excluding carboxylic acids is 3. The first-order chi connectivity index (χ1) is 18.3. The first-order valence-corrected chi connectivity index (χ1v) is 11.2. The number of amides is 3. The Morgan fingerprint density at radius 3 is 2.10 bits per heavy atom. The van der Waals surface area contributed by atoms with E-state index in [1.807, 2.05) is 5.32 Å². The van der Waals surface area contributed by atoms with E-state index in [-0.39, 0.29) is 6.07 Å². The standard InChI is InChI=1S/C23H13ClF9N3O4/c24-13-5-11(4-12(6-13)21(25,26)27)20(23(31,32)33)7-16(35-40-20)10-1-2-14(15(3-10)22(28,29)30)19(39)36-8-17(37)34-18(38)9-36/h1-6H,7-9H2,(H,34,37,38). The lowest BCUT2D eigenvalue weighted by Crippen LogP contribution is -2.53. The van der Waals surface area contributed by atoms with Gasteiger partial charge in [0.15, 0.2) is 0 Å². The topological polar surface area (TPSA) is 88.1 Å². The summed E-state index contributed by atoms with van der Waals surface area (Å²) in [5.41, 5.74) is -10.1. The summed E-state index contributed by atoms with van der Waals surface area (Å²) < 4.78 is 124. The van der Waals surface area contributed by atoms with Crippen molar-refractivity contribution >= 4 is 35.0 Å². The van der Waals surface area contributed by atoms with Crippen LogP contribution in [-0.2, 0) is 32.4 Å². The van der Waals surface area contributed by atoms with Gasteiger partial charge in [0, 0.05) is 22.6 Å². The van der Waals surface area contributed by atoms with Gasteiger partial charge in [0.1, 0.15) is 13.1 Å². The molecule has 4 rings (SSSR count). The second-order valence-electron chi connectivity index (χ2n) is 8.75. The molecule has 2 aromatic carbocycles. The number of hydrogen-bond acceptors (Lipinski definition) is 5. The largest absolute Gasteiger partial charge is 0.435 e. The fourth-order valence-electron chi connectivity index (χ4n) is 4.14. The van der Waals surface area contributed by atoms with E-state index in [1.54, 1.807) is 0 Å². The minimum Gasteiger partial charge on any atom is -0.374 e. The zero-order valence-electron chi connectivity index (χ0n) is 19.4. The molecule has 2 aromatic rings. The van der Waals surface area contributed by atoms with Gasteiger partial charge in [-0.3, -0.25) is 19.7 Å². The number of benzene rings is 2. The van der Waals surface area contributed by atoms with Gasteiger partial charge in [-0.2, -0.15) is 39.5 Å². The number of alkyl halides is 9. The monoisotopic (exact) mass is 601 g/mol. The van der Waals surface area contributed by atoms with Gasteiger partial charge in [0.25, 0.3) is 11.5 Å². The molecule has 0 aliphatic carbocycles. The molecule has 0 bridgehead atoms. The van der Waals surface area contributed by atoms with E-state index in [2.05, 4.69) is 9.99 Å². The van der Waals surface area contributed by atoms with Gasteiger partial charge in [-0.05, 0) is 30.3 Å². The third-order valence-corrected chi connectivity index (χ3v) is 6.22. The van der Waals surface area contributed by atoms with Crippen molar-refractivity contribution in [1.29, 1.82) is 0 Å². The van der Waals surface area contributed by atoms with Gasteiger partial charge in [0.05, 0.1) is 22.4 Å². The van der Waals surface area contributed by atoms with Crippen molar-refractivity contribution in [3.63, 3.8) is 0 Å². The van der Waals surface area contributed by atoms with Crippen molar-refractivity contribution < 1.29 is 58.7 Å². The van der Waals surface area contributed by atoms with Gasteiger partial charge in [-0.15, -0.1) is 0 Å². The van der Waals surface area contributed by atoms with E-state index in [0.29, 0.717) is 29.2 Å². The predicted octanol–water partition coefficient (Wildman–Crippen LogP) is 5.06. The Labute approximate surface area is 222 Å². The number of halogens is 10. The maximum absolute atomic E-state index is 14.2. The normalized spacial score (nSPS) is 20.2. The number of nitrogens with zero attached hydrogens (tertiary/aromatic N) is 2. The predicted molar refractivity (Wildman–Crippen MR) is 117 cm³/mol. The molecule has 2 aliphatic heterocycles. The molecule has 2 aliphatic rings. The molecule has 0 aromatic heterocycles. The Hall–Kier alpha value is -3.82. The molecule has 214 valence electrons. The number of nitrogens with one attached hydrogen (secondary N) is 1. The summed E-state index contributed by atoms with van der Waals surface area (Å²) in [7, 11) is 0. The molecule has 40 heavy (non-hydrogen) atoms. The Bertz CT molecular complexity index is 1420. The lowest BCUT2D eigenvalue weighted by Gasteiger charge is -2.30. The number of oxime groups is 1. The van der Waals surface area contributed by atoms with Crippen LogP contribution in [0.2, 0.25) is 5.02 Å². The van der Waals surface area contributed by atoms with E-state index < -0.39 is 99.9 Å². The van der Waals surface area contributed by atoms with Crippen LogP contribution in [0.3, 0.4) is 0 Å². The Morgan fingerprint density at radius 1 is 0.925 bits per heavy atom. The number of carbonyl (C=O) groups is 3. The fourth-order valence-corrected chi connectivity index (χ4v) is 4.38. The lowest BCUT2D eigenvalue weighted by atomic mass is 9.85. The first-order valence-electron chi connectivity index (χ1n) is 10.9. The van der Waals surface area contributed by atoms with Crippen molar-refractivity contribution in [2.75, 3.05) is 13.1 Å². The summed E-state index contributed by atoms with van der Waals surface area (Å²) >= 11 is 5.63. The van der Waals surface area contributed by atoms with Crippen LogP contribution in [0.25, 0.3) is 0 Å². The second-order valence-corrected chi connectivity index (χ2v) is 9.18. The van der Waals surface area contributed by atoms with Crippen LogP contribution in [0.15, 0.2) is 41.6 Å². The lowest BCUT2D eigenvalue weighted by molar-refractivity contribution is -0.276. The van der Waals surface area contributed by atoms with Gasteiger partial charge in [0.2, 0.25) is 11.8 Å². The highest BCUT2D eigenvalue weighted by Crippen LogP contribution is 2.50. The number of imide groups is 1. The van der Waals surface area contributed by atoms with Crippen molar-refractivity contribution in [3.8, 4) is 0 Å². The molecule has 0 radical (unpaired) electrons. The molecule has 1 saturated heterocycles. The molecule has 1 atom stereocenters. The number of hydrogen-bond donors (Lipinski definition) is 1. The second kappa shape index (κ2) is 9.67. The number of rotatable bonds is 3. The average molecular weight is 602 g/mol. The highest BCUT2D eigenvalue weighted by Gasteiger charge is 2.62. The van der Waals surface area contributed by atoms with E-state index >= 15 is 0 Å². The highest BCUT2D eigenvalue weighted by molar-refractivity contribution is 6.30. The van der Waals surface area contributed by atoms with Gasteiger partial charge in [-0.1, -0.05) is 22.8 Å². The van der Waals surface area contributed by atoms with Gasteiger partial charge >= 0.3 is 18.5 Å². The van der Waals surface area contributed by atoms with E-state index in [0.717, 1.165) is 6.07 Å². The zero-order chi connectivity index (χ0) is 29.8. The first kappa shape index (κ1) is 29.2. The summed E-state index contributed by atoms with van der Waals surface area (Å²) in [6.07, 6.45) is -17.1. The van der Waals surface area contributed by atoms with E-state index in [9.17, 15) is 53.9 Å². The van der Waals surface area contributed by atoms with Crippen molar-refractivity contribution in [2.24, 2.45) is 5.16 Å². The van der Waals surface area contributed by atoms with Crippen LogP contribution in [0.4, 0.5) is 39.5 Å². The van der Waals surface area contributed by atoms with Crippen LogP contribution in [0, 0.1) is 0 Å². The molecule has 1 unspecified atom stereocenters. The summed E-state index contributed by atoms with van der Waals surface area (Å²) in [4.78, 5) is 41.0. The van der Waals surface area contributed by atoms with Crippen LogP contribution < -0.4 is 5.32 Å². The third-order valence-electron chi connectivity index (χ3n) is 6.00. The summed E-state index contributed by atoms with van der Waals surface area (Å²) in [6, 6.07) is 2.86. The zero-order valence-corrected chi connectivity index (χ0v) is 20.1. The minimum absolute atomic E-state index is 0.150. The smallest absolute Gasteiger partial charge is 0.374 e. The third kappa shape index (κ3) is 5.44. The molecule has 3 amide bonds. The molecule has 17 heteroatoms. The molecule has 0 spiro atoms. The van der Waals surface area contributed by atoms with Crippen LogP contribution in [0.1, 0.15) is 39.0 Å². The summed E-state index contributed by atoms with van der Waals surface area (Å²) in [5, 5.41) is 4.40. The van der Waals surface area contributed by atoms with Crippen molar-refractivity contribution in [2.45, 2.75) is 30.6 Å². The Kier molecular flexibility index (Phi) is 7.05. The SMILES string of the molecule is O=C1CN(C(=O)c2ccc(C3=NOC(c4cc(Cl)cc(C(F)(F)F)c4)(C(F)(F)F)C3)cc2C(F)(F)F)CC(=O)N1. The fraction of sp³-hybridized carbons (Fsp3) is 0.304. The average Bonchev–Trinajstić information content (AvgIpc) is 3.28.